The Balaban J connectivity index is 1.42. The monoisotopic (exact) mass is 525 g/mol. The van der Waals surface area contributed by atoms with Gasteiger partial charge in [-0.2, -0.15) is 0 Å². The number of carbonyl (C=O) groups excluding carboxylic acids is 4. The smallest absolute Gasteiger partial charge is 0.267 e. The molecule has 0 aliphatic carbocycles. The summed E-state index contributed by atoms with van der Waals surface area (Å²) in [7, 11) is 0. The number of benzene rings is 3. The van der Waals surface area contributed by atoms with Crippen LogP contribution < -0.4 is 15.5 Å². The van der Waals surface area contributed by atoms with E-state index in [4.69, 9.17) is 9.94 Å². The first-order valence-corrected chi connectivity index (χ1v) is 12.6. The second kappa shape index (κ2) is 10.9. The second-order valence-corrected chi connectivity index (χ2v) is 9.64. The van der Waals surface area contributed by atoms with Crippen LogP contribution >= 0.6 is 0 Å². The maximum atomic E-state index is 13.6. The first kappa shape index (κ1) is 25.9. The van der Waals surface area contributed by atoms with Crippen LogP contribution in [0, 0.1) is 0 Å². The van der Waals surface area contributed by atoms with Crippen molar-refractivity contribution in [1.82, 2.24) is 10.4 Å². The molecule has 1 saturated heterocycles. The van der Waals surface area contributed by atoms with Crippen LogP contribution in [0.5, 0.6) is 5.75 Å². The van der Waals surface area contributed by atoms with E-state index in [2.05, 4.69) is 5.32 Å². The number of rotatable bonds is 5. The van der Waals surface area contributed by atoms with Gasteiger partial charge in [0.2, 0.25) is 5.91 Å². The summed E-state index contributed by atoms with van der Waals surface area (Å²) >= 11 is 0. The molecule has 2 atom stereocenters. The van der Waals surface area contributed by atoms with Gasteiger partial charge in [0.25, 0.3) is 11.8 Å². The van der Waals surface area contributed by atoms with Crippen LogP contribution in [0.3, 0.4) is 0 Å². The van der Waals surface area contributed by atoms with Gasteiger partial charge in [-0.15, -0.1) is 0 Å². The molecule has 0 radical (unpaired) electrons. The predicted octanol–water partition coefficient (Wildman–Crippen LogP) is 3.85. The summed E-state index contributed by atoms with van der Waals surface area (Å²) in [6.45, 7) is 0.236. The van der Waals surface area contributed by atoms with E-state index >= 15 is 0 Å². The molecule has 2 unspecified atom stereocenters. The SMILES string of the molecule is O=C(/C=C/c1ccc2c(c1)C(=O)CC1(CCN(C(=O)c3ccccc3)C(C(=O)Nc3ccccc3)C1)O2)NO. The quantitative estimate of drug-likeness (QED) is 0.264. The van der Waals surface area contributed by atoms with E-state index in [0.29, 0.717) is 34.5 Å². The van der Waals surface area contributed by atoms with E-state index in [-0.39, 0.29) is 37.0 Å². The lowest BCUT2D eigenvalue weighted by Crippen LogP contribution is -2.60. The Morgan fingerprint density at radius 1 is 1.00 bits per heavy atom. The molecular formula is C30H27N3O6. The number of piperidine rings is 1. The summed E-state index contributed by atoms with van der Waals surface area (Å²) in [6.07, 6.45) is 3.19. The summed E-state index contributed by atoms with van der Waals surface area (Å²) in [6, 6.07) is 21.9. The molecule has 1 fully saturated rings. The highest BCUT2D eigenvalue weighted by molar-refractivity contribution is 6.03. The van der Waals surface area contributed by atoms with Gasteiger partial charge >= 0.3 is 0 Å². The first-order valence-electron chi connectivity index (χ1n) is 12.6. The van der Waals surface area contributed by atoms with Crippen LogP contribution in [-0.2, 0) is 9.59 Å². The van der Waals surface area contributed by atoms with Gasteiger partial charge in [-0.25, -0.2) is 5.48 Å². The third-order valence-corrected chi connectivity index (χ3v) is 7.03. The van der Waals surface area contributed by atoms with Crippen LogP contribution in [-0.4, -0.2) is 51.8 Å². The highest BCUT2D eigenvalue weighted by Gasteiger charge is 2.49. The highest BCUT2D eigenvalue weighted by atomic mass is 16.5. The van der Waals surface area contributed by atoms with Crippen molar-refractivity contribution in [2.24, 2.45) is 0 Å². The number of nitrogens with zero attached hydrogens (tertiary/aromatic N) is 1. The molecule has 2 aliphatic heterocycles. The number of carbonyl (C=O) groups is 4. The minimum atomic E-state index is -0.954. The number of ether oxygens (including phenoxy) is 1. The molecule has 5 rings (SSSR count). The number of para-hydroxylation sites is 1. The van der Waals surface area contributed by atoms with Crippen molar-refractivity contribution in [3.05, 3.63) is 102 Å². The van der Waals surface area contributed by atoms with E-state index < -0.39 is 17.6 Å². The molecule has 3 aromatic carbocycles. The zero-order valence-electron chi connectivity index (χ0n) is 21.0. The van der Waals surface area contributed by atoms with E-state index in [1.165, 1.54) is 11.6 Å². The van der Waals surface area contributed by atoms with E-state index in [1.54, 1.807) is 59.5 Å². The van der Waals surface area contributed by atoms with Crippen molar-refractivity contribution in [3.63, 3.8) is 0 Å². The Hall–Kier alpha value is -4.76. The second-order valence-electron chi connectivity index (χ2n) is 9.64. The lowest BCUT2D eigenvalue weighted by atomic mass is 9.78. The number of nitrogens with one attached hydrogen (secondary N) is 2. The van der Waals surface area contributed by atoms with Gasteiger partial charge in [0, 0.05) is 36.7 Å². The van der Waals surface area contributed by atoms with Crippen molar-refractivity contribution in [2.75, 3.05) is 11.9 Å². The zero-order valence-corrected chi connectivity index (χ0v) is 21.0. The molecule has 3 N–H and O–H groups in total. The fraction of sp³-hybridized carbons (Fsp3) is 0.200. The zero-order chi connectivity index (χ0) is 27.4. The van der Waals surface area contributed by atoms with Gasteiger partial charge in [0.05, 0.1) is 12.0 Å². The normalized spacial score (nSPS) is 20.3. The number of fused-ring (bicyclic) bond motifs is 1. The molecule has 1 spiro atoms. The van der Waals surface area contributed by atoms with Crippen LogP contribution in [0.4, 0.5) is 5.69 Å². The molecule has 2 heterocycles. The summed E-state index contributed by atoms with van der Waals surface area (Å²) in [5, 5.41) is 11.6. The number of amides is 3. The Morgan fingerprint density at radius 3 is 2.44 bits per heavy atom. The van der Waals surface area contributed by atoms with Crippen LogP contribution in [0.15, 0.2) is 84.9 Å². The third kappa shape index (κ3) is 5.58. The first-order chi connectivity index (χ1) is 18.9. The van der Waals surface area contributed by atoms with Crippen molar-refractivity contribution >= 4 is 35.3 Å². The molecule has 3 amide bonds. The van der Waals surface area contributed by atoms with Crippen LogP contribution in [0.25, 0.3) is 6.08 Å². The van der Waals surface area contributed by atoms with Gasteiger partial charge in [-0.3, -0.25) is 24.4 Å². The standard InChI is InChI=1S/C30H27N3O6/c34-25-19-30(39-26-13-11-20(17-23(25)26)12-14-27(35)32-38)15-16-33(29(37)21-7-3-1-4-8-21)24(18-30)28(36)31-22-9-5-2-6-10-22/h1-14,17,24,38H,15-16,18-19H2,(H,31,36)(H,32,35)/b14-12+. The molecular weight excluding hydrogens is 498 g/mol. The van der Waals surface area contributed by atoms with Crippen LogP contribution in [0.2, 0.25) is 0 Å². The molecule has 9 nitrogen and oxygen atoms in total. The van der Waals surface area contributed by atoms with E-state index in [0.717, 1.165) is 6.08 Å². The average molecular weight is 526 g/mol. The maximum Gasteiger partial charge on any atom is 0.267 e. The Bertz CT molecular complexity index is 1440. The van der Waals surface area contributed by atoms with Gasteiger partial charge in [0.15, 0.2) is 5.78 Å². The van der Waals surface area contributed by atoms with E-state index in [9.17, 15) is 19.2 Å². The molecule has 39 heavy (non-hydrogen) atoms. The van der Waals surface area contributed by atoms with Gasteiger partial charge in [-0.05, 0) is 48.0 Å². The summed E-state index contributed by atoms with van der Waals surface area (Å²) < 4.78 is 6.41. The molecule has 0 aromatic heterocycles. The molecule has 0 saturated carbocycles. The number of hydrogen-bond donors (Lipinski definition) is 3. The predicted molar refractivity (Wildman–Crippen MR) is 143 cm³/mol. The molecule has 2 aliphatic rings. The third-order valence-electron chi connectivity index (χ3n) is 7.03. The molecule has 198 valence electrons. The van der Waals surface area contributed by atoms with Crippen molar-refractivity contribution in [3.8, 4) is 5.75 Å². The minimum absolute atomic E-state index is 0.0484. The summed E-state index contributed by atoms with van der Waals surface area (Å²) in [4.78, 5) is 53.2. The number of likely N-dealkylation sites (tertiary alicyclic amines) is 1. The lowest BCUT2D eigenvalue weighted by molar-refractivity contribution is -0.125. The number of hydroxylamine groups is 1. The topological polar surface area (TPSA) is 125 Å². The van der Waals surface area contributed by atoms with Crippen molar-refractivity contribution in [2.45, 2.75) is 30.9 Å². The maximum absolute atomic E-state index is 13.6. The summed E-state index contributed by atoms with van der Waals surface area (Å²) in [5.74, 6) is -1.06. The number of hydrogen-bond acceptors (Lipinski definition) is 6. The van der Waals surface area contributed by atoms with Crippen molar-refractivity contribution in [1.29, 1.82) is 0 Å². The van der Waals surface area contributed by atoms with Crippen LogP contribution in [0.1, 0.15) is 45.5 Å². The minimum Gasteiger partial charge on any atom is -0.486 e. The Kier molecular flexibility index (Phi) is 7.25. The lowest BCUT2D eigenvalue weighted by Gasteiger charge is -2.47. The fourth-order valence-corrected chi connectivity index (χ4v) is 5.09. The Labute approximate surface area is 225 Å². The van der Waals surface area contributed by atoms with E-state index in [1.807, 2.05) is 24.3 Å². The fourth-order valence-electron chi connectivity index (χ4n) is 5.09. The highest BCUT2D eigenvalue weighted by Crippen LogP contribution is 2.42. The largest absolute Gasteiger partial charge is 0.486 e. The molecule has 0 bridgehead atoms. The molecule has 9 heteroatoms. The van der Waals surface area contributed by atoms with Gasteiger partial charge in [0.1, 0.15) is 17.4 Å². The van der Waals surface area contributed by atoms with Gasteiger partial charge < -0.3 is 15.0 Å². The number of ketones is 1. The summed E-state index contributed by atoms with van der Waals surface area (Å²) in [5.41, 5.74) is 2.62. The van der Waals surface area contributed by atoms with Crippen molar-refractivity contribution < 1.29 is 29.1 Å². The molecule has 3 aromatic rings. The Morgan fingerprint density at radius 2 is 1.72 bits per heavy atom. The number of Topliss-reactive ketones (excluding diaryl/α,β-unsaturated/α-hetero) is 1. The average Bonchev–Trinajstić information content (AvgIpc) is 2.96. The number of anilines is 1. The van der Waals surface area contributed by atoms with Gasteiger partial charge in [-0.1, -0.05) is 42.5 Å².